The van der Waals surface area contributed by atoms with Crippen LogP contribution in [-0.2, 0) is 6.54 Å². The molecule has 2 rings (SSSR count). The molecule has 0 atom stereocenters. The summed E-state index contributed by atoms with van der Waals surface area (Å²) in [6, 6.07) is 5.05. The molecule has 0 radical (unpaired) electrons. The molecule has 0 bridgehead atoms. The maximum Gasteiger partial charge on any atom is 0.132 e. The standard InChI is InChI=1S/C13H14FN3/c1-2-15-8-10-3-4-12(14)11(7-10)13-9-16-5-6-17-13/h3-7,9,15H,2,8H2,1H3. The average Bonchev–Trinajstić information content (AvgIpc) is 2.39. The van der Waals surface area contributed by atoms with Crippen LogP contribution in [0.4, 0.5) is 4.39 Å². The van der Waals surface area contributed by atoms with Crippen molar-refractivity contribution < 1.29 is 4.39 Å². The fraction of sp³-hybridized carbons (Fsp3) is 0.231. The van der Waals surface area contributed by atoms with Crippen molar-refractivity contribution in [2.75, 3.05) is 6.54 Å². The molecule has 0 saturated heterocycles. The molecule has 1 aromatic carbocycles. The van der Waals surface area contributed by atoms with Gasteiger partial charge in [-0.15, -0.1) is 0 Å². The molecule has 88 valence electrons. The van der Waals surface area contributed by atoms with Gasteiger partial charge in [-0.1, -0.05) is 13.0 Å². The van der Waals surface area contributed by atoms with Crippen LogP contribution in [0, 0.1) is 5.82 Å². The Kier molecular flexibility index (Phi) is 3.77. The van der Waals surface area contributed by atoms with Crippen LogP contribution in [0.5, 0.6) is 0 Å². The van der Waals surface area contributed by atoms with Gasteiger partial charge in [0, 0.05) is 24.5 Å². The predicted octanol–water partition coefficient (Wildman–Crippen LogP) is 2.39. The first-order valence-corrected chi connectivity index (χ1v) is 5.56. The number of nitrogens with one attached hydrogen (secondary N) is 1. The minimum absolute atomic E-state index is 0.272. The minimum Gasteiger partial charge on any atom is -0.313 e. The van der Waals surface area contributed by atoms with E-state index in [1.165, 1.54) is 6.07 Å². The van der Waals surface area contributed by atoms with Gasteiger partial charge in [0.1, 0.15) is 5.82 Å². The van der Waals surface area contributed by atoms with Crippen molar-refractivity contribution in [3.05, 3.63) is 48.2 Å². The summed E-state index contributed by atoms with van der Waals surface area (Å²) < 4.78 is 13.7. The van der Waals surface area contributed by atoms with Gasteiger partial charge >= 0.3 is 0 Å². The maximum absolute atomic E-state index is 13.7. The molecule has 0 unspecified atom stereocenters. The lowest BCUT2D eigenvalue weighted by Crippen LogP contribution is -2.11. The quantitative estimate of drug-likeness (QED) is 0.878. The van der Waals surface area contributed by atoms with E-state index >= 15 is 0 Å². The Morgan fingerprint density at radius 1 is 1.29 bits per heavy atom. The first-order chi connectivity index (χ1) is 8.31. The largest absolute Gasteiger partial charge is 0.313 e. The molecular formula is C13H14FN3. The van der Waals surface area contributed by atoms with Crippen LogP contribution >= 0.6 is 0 Å². The lowest BCUT2D eigenvalue weighted by atomic mass is 10.1. The molecule has 1 heterocycles. The second-order valence-corrected chi connectivity index (χ2v) is 3.69. The Balaban J connectivity index is 2.33. The third-order valence-corrected chi connectivity index (χ3v) is 2.45. The van der Waals surface area contributed by atoms with Crippen LogP contribution in [0.3, 0.4) is 0 Å². The van der Waals surface area contributed by atoms with Gasteiger partial charge in [0.2, 0.25) is 0 Å². The zero-order valence-corrected chi connectivity index (χ0v) is 9.65. The molecule has 3 nitrogen and oxygen atoms in total. The summed E-state index contributed by atoms with van der Waals surface area (Å²) >= 11 is 0. The highest BCUT2D eigenvalue weighted by molar-refractivity contribution is 5.59. The molecule has 2 aromatic rings. The summed E-state index contributed by atoms with van der Waals surface area (Å²) in [7, 11) is 0. The summed E-state index contributed by atoms with van der Waals surface area (Å²) in [5, 5.41) is 3.20. The number of benzene rings is 1. The van der Waals surface area contributed by atoms with Gasteiger partial charge in [-0.25, -0.2) is 4.39 Å². The van der Waals surface area contributed by atoms with Crippen LogP contribution in [0.2, 0.25) is 0 Å². The number of halogens is 1. The van der Waals surface area contributed by atoms with E-state index in [0.29, 0.717) is 11.3 Å². The Morgan fingerprint density at radius 2 is 2.18 bits per heavy atom. The highest BCUT2D eigenvalue weighted by atomic mass is 19.1. The molecule has 4 heteroatoms. The second-order valence-electron chi connectivity index (χ2n) is 3.69. The first-order valence-electron chi connectivity index (χ1n) is 5.56. The van der Waals surface area contributed by atoms with Gasteiger partial charge in [0.15, 0.2) is 0 Å². The Hall–Kier alpha value is -1.81. The monoisotopic (exact) mass is 231 g/mol. The van der Waals surface area contributed by atoms with E-state index in [2.05, 4.69) is 15.3 Å². The second kappa shape index (κ2) is 5.50. The zero-order chi connectivity index (χ0) is 12.1. The van der Waals surface area contributed by atoms with E-state index in [1.54, 1.807) is 24.7 Å². The molecule has 17 heavy (non-hydrogen) atoms. The fourth-order valence-electron chi connectivity index (χ4n) is 1.59. The van der Waals surface area contributed by atoms with E-state index in [0.717, 1.165) is 18.7 Å². The average molecular weight is 231 g/mol. The van der Waals surface area contributed by atoms with Crippen LogP contribution in [0.15, 0.2) is 36.8 Å². The Morgan fingerprint density at radius 3 is 2.88 bits per heavy atom. The molecule has 0 amide bonds. The van der Waals surface area contributed by atoms with Crippen LogP contribution < -0.4 is 5.32 Å². The number of aromatic nitrogens is 2. The molecular weight excluding hydrogens is 217 g/mol. The SMILES string of the molecule is CCNCc1ccc(F)c(-c2cnccn2)c1. The van der Waals surface area contributed by atoms with Crippen molar-refractivity contribution in [1.82, 2.24) is 15.3 Å². The van der Waals surface area contributed by atoms with Crippen LogP contribution in [0.25, 0.3) is 11.3 Å². The Labute approximate surface area is 99.7 Å². The molecule has 1 aromatic heterocycles. The zero-order valence-electron chi connectivity index (χ0n) is 9.65. The van der Waals surface area contributed by atoms with E-state index in [9.17, 15) is 4.39 Å². The lowest BCUT2D eigenvalue weighted by Gasteiger charge is -2.06. The van der Waals surface area contributed by atoms with E-state index < -0.39 is 0 Å². The molecule has 0 fully saturated rings. The lowest BCUT2D eigenvalue weighted by molar-refractivity contribution is 0.628. The van der Waals surface area contributed by atoms with Gasteiger partial charge in [-0.05, 0) is 24.2 Å². The molecule has 0 aliphatic rings. The third kappa shape index (κ3) is 2.85. The van der Waals surface area contributed by atoms with Gasteiger partial charge in [0.25, 0.3) is 0 Å². The smallest absolute Gasteiger partial charge is 0.132 e. The highest BCUT2D eigenvalue weighted by Crippen LogP contribution is 2.21. The molecule has 0 spiro atoms. The molecule has 0 saturated carbocycles. The number of rotatable bonds is 4. The van der Waals surface area contributed by atoms with E-state index in [-0.39, 0.29) is 5.82 Å². The summed E-state index contributed by atoms with van der Waals surface area (Å²) in [5.41, 5.74) is 2.09. The van der Waals surface area contributed by atoms with Crippen molar-refractivity contribution in [2.24, 2.45) is 0 Å². The highest BCUT2D eigenvalue weighted by Gasteiger charge is 2.07. The van der Waals surface area contributed by atoms with Crippen molar-refractivity contribution in [2.45, 2.75) is 13.5 Å². The van der Waals surface area contributed by atoms with Gasteiger partial charge in [0.05, 0.1) is 11.9 Å². The molecule has 0 aliphatic carbocycles. The summed E-state index contributed by atoms with van der Waals surface area (Å²) in [5.74, 6) is -0.272. The number of hydrogen-bond donors (Lipinski definition) is 1. The fourth-order valence-corrected chi connectivity index (χ4v) is 1.59. The van der Waals surface area contributed by atoms with Crippen molar-refractivity contribution in [3.63, 3.8) is 0 Å². The van der Waals surface area contributed by atoms with Crippen LogP contribution in [0.1, 0.15) is 12.5 Å². The third-order valence-electron chi connectivity index (χ3n) is 2.45. The Bertz CT molecular complexity index is 485. The maximum atomic E-state index is 13.7. The number of nitrogens with zero attached hydrogens (tertiary/aromatic N) is 2. The van der Waals surface area contributed by atoms with Crippen molar-refractivity contribution in [1.29, 1.82) is 0 Å². The predicted molar refractivity (Wildman–Crippen MR) is 64.8 cm³/mol. The summed E-state index contributed by atoms with van der Waals surface area (Å²) in [4.78, 5) is 8.06. The van der Waals surface area contributed by atoms with E-state index in [4.69, 9.17) is 0 Å². The number of hydrogen-bond acceptors (Lipinski definition) is 3. The summed E-state index contributed by atoms with van der Waals surface area (Å²) in [6.07, 6.45) is 4.70. The van der Waals surface area contributed by atoms with Crippen LogP contribution in [-0.4, -0.2) is 16.5 Å². The van der Waals surface area contributed by atoms with Crippen molar-refractivity contribution in [3.8, 4) is 11.3 Å². The van der Waals surface area contributed by atoms with Gasteiger partial charge in [-0.2, -0.15) is 0 Å². The van der Waals surface area contributed by atoms with Crippen molar-refractivity contribution >= 4 is 0 Å². The molecule has 1 N–H and O–H groups in total. The van der Waals surface area contributed by atoms with E-state index in [1.807, 2.05) is 13.0 Å². The first kappa shape index (κ1) is 11.7. The normalized spacial score (nSPS) is 10.5. The van der Waals surface area contributed by atoms with Gasteiger partial charge < -0.3 is 5.32 Å². The topological polar surface area (TPSA) is 37.8 Å². The van der Waals surface area contributed by atoms with Gasteiger partial charge in [-0.3, -0.25) is 9.97 Å². The summed E-state index contributed by atoms with van der Waals surface area (Å²) in [6.45, 7) is 3.65. The molecule has 0 aliphatic heterocycles. The minimum atomic E-state index is -0.272.